The quantitative estimate of drug-likeness (QED) is 0.288. The first-order valence-electron chi connectivity index (χ1n) is 13.7. The minimum Gasteiger partial charge on any atom is -0.233 e. The molecule has 4 aromatic carbocycles. The number of para-hydroxylation sites is 4. The van der Waals surface area contributed by atoms with Crippen molar-refractivity contribution in [3.63, 3.8) is 0 Å². The summed E-state index contributed by atoms with van der Waals surface area (Å²) >= 11 is 0. The van der Waals surface area contributed by atoms with Crippen molar-refractivity contribution in [2.45, 2.75) is 24.9 Å². The number of aromatic nitrogens is 4. The lowest BCUT2D eigenvalue weighted by atomic mass is 9.54. The zero-order chi connectivity index (χ0) is 25.4. The van der Waals surface area contributed by atoms with E-state index in [1.807, 2.05) is 0 Å². The zero-order valence-corrected chi connectivity index (χ0v) is 21.9. The average Bonchev–Trinajstić information content (AvgIpc) is 3.45. The van der Waals surface area contributed by atoms with Gasteiger partial charge in [-0.05, 0) is 46.5 Å². The first kappa shape index (κ1) is 21.9. The van der Waals surface area contributed by atoms with Crippen LogP contribution in [0.3, 0.4) is 0 Å². The summed E-state index contributed by atoms with van der Waals surface area (Å²) in [5, 5.41) is 0. The van der Waals surface area contributed by atoms with Gasteiger partial charge in [-0.2, -0.15) is 0 Å². The summed E-state index contributed by atoms with van der Waals surface area (Å²) in [4.78, 5) is 0. The summed E-state index contributed by atoms with van der Waals surface area (Å²) in [6.07, 6.45) is 4.60. The van der Waals surface area contributed by atoms with Gasteiger partial charge in [0.2, 0.25) is 12.7 Å². The third-order valence-electron chi connectivity index (χ3n) is 9.32. The van der Waals surface area contributed by atoms with Crippen molar-refractivity contribution in [1.82, 2.24) is 9.13 Å². The molecule has 0 saturated carbocycles. The van der Waals surface area contributed by atoms with E-state index in [2.05, 4.69) is 142 Å². The van der Waals surface area contributed by atoms with E-state index in [0.717, 1.165) is 13.1 Å². The summed E-state index contributed by atoms with van der Waals surface area (Å²) in [6, 6.07) is 36.1. The molecular weight excluding hydrogens is 464 g/mol. The number of nitrogens with zero attached hydrogens (tertiary/aromatic N) is 4. The van der Waals surface area contributed by atoms with Crippen LogP contribution >= 0.6 is 0 Å². The van der Waals surface area contributed by atoms with Gasteiger partial charge in [0.15, 0.2) is 22.1 Å². The van der Waals surface area contributed by atoms with E-state index in [9.17, 15) is 0 Å². The van der Waals surface area contributed by atoms with E-state index in [-0.39, 0.29) is 0 Å². The van der Waals surface area contributed by atoms with Gasteiger partial charge in [0.25, 0.3) is 0 Å². The normalized spacial score (nSPS) is 21.6. The molecule has 0 aliphatic heterocycles. The SMILES string of the molecule is C[n+]1cn(C[C@@H]2C3c4ccccc4C(c4ccccc43)[C@H]2Cn2c[n+](C)c3ccccc32)c2ccccc21. The van der Waals surface area contributed by atoms with Gasteiger partial charge in [0.05, 0.1) is 27.2 Å². The fourth-order valence-corrected chi connectivity index (χ4v) is 7.81. The highest BCUT2D eigenvalue weighted by Gasteiger charge is 2.51. The second kappa shape index (κ2) is 8.16. The van der Waals surface area contributed by atoms with E-state index in [1.165, 1.54) is 44.3 Å². The second-order valence-electron chi connectivity index (χ2n) is 11.3. The zero-order valence-electron chi connectivity index (χ0n) is 21.9. The number of imidazole rings is 2. The molecule has 2 aromatic heterocycles. The first-order valence-corrected chi connectivity index (χ1v) is 13.7. The van der Waals surface area contributed by atoms with E-state index in [1.54, 1.807) is 0 Å². The van der Waals surface area contributed by atoms with Crippen molar-refractivity contribution in [1.29, 1.82) is 0 Å². The summed E-state index contributed by atoms with van der Waals surface area (Å²) in [5.41, 5.74) is 11.3. The molecule has 0 radical (unpaired) electrons. The summed E-state index contributed by atoms with van der Waals surface area (Å²) in [5.74, 6) is 1.73. The molecule has 4 nitrogen and oxygen atoms in total. The summed E-state index contributed by atoms with van der Waals surface area (Å²) < 4.78 is 9.55. The molecule has 186 valence electrons. The molecule has 0 unspecified atom stereocenters. The van der Waals surface area contributed by atoms with Crippen molar-refractivity contribution in [3.8, 4) is 0 Å². The van der Waals surface area contributed by atoms with E-state index < -0.39 is 0 Å². The van der Waals surface area contributed by atoms with Crippen LogP contribution in [0.4, 0.5) is 0 Å². The van der Waals surface area contributed by atoms with Crippen molar-refractivity contribution >= 4 is 22.1 Å². The fraction of sp³-hybridized carbons (Fsp3) is 0.235. The van der Waals surface area contributed by atoms with Crippen molar-refractivity contribution in [3.05, 3.63) is 132 Å². The molecule has 0 spiro atoms. The van der Waals surface area contributed by atoms with Crippen LogP contribution in [0.25, 0.3) is 22.1 Å². The monoisotopic (exact) mass is 496 g/mol. The van der Waals surface area contributed by atoms with Crippen molar-refractivity contribution in [2.24, 2.45) is 25.9 Å². The Kier molecular flexibility index (Phi) is 4.69. The Morgan fingerprint density at radius 1 is 0.500 bits per heavy atom. The predicted molar refractivity (Wildman–Crippen MR) is 150 cm³/mol. The second-order valence-corrected chi connectivity index (χ2v) is 11.3. The minimum absolute atomic E-state index is 0.388. The molecular formula is C34H32N4+2. The Morgan fingerprint density at radius 3 is 1.24 bits per heavy atom. The largest absolute Gasteiger partial charge is 0.244 e. The van der Waals surface area contributed by atoms with Gasteiger partial charge in [0, 0.05) is 23.7 Å². The van der Waals surface area contributed by atoms with Crippen LogP contribution in [0.5, 0.6) is 0 Å². The molecule has 0 saturated heterocycles. The predicted octanol–water partition coefficient (Wildman–Crippen LogP) is 5.47. The molecule has 2 bridgehead atoms. The van der Waals surface area contributed by atoms with Crippen LogP contribution in [0, 0.1) is 11.8 Å². The molecule has 0 fully saturated rings. The third kappa shape index (κ3) is 3.03. The Labute approximate surface area is 223 Å². The molecule has 3 aliphatic rings. The standard InChI is InChI=1S/C34H32N4/c1-35-21-37(31-17-9-7-15-29(31)35)19-27-28(20-38-22-36(2)30-16-8-10-18-32(30)38)34-25-13-5-3-11-23(25)33(27)24-12-4-6-14-26(24)34/h3-18,21-22,27-28,33-34H,19-20H2,1-2H3/q+2/t27-,28-,33?,34?/m0/s1. The number of aryl methyl sites for hydroxylation is 2. The van der Waals surface area contributed by atoms with Gasteiger partial charge in [-0.1, -0.05) is 72.8 Å². The molecule has 0 amide bonds. The number of benzene rings is 4. The first-order chi connectivity index (χ1) is 18.7. The van der Waals surface area contributed by atoms with Gasteiger partial charge in [-0.15, -0.1) is 0 Å². The third-order valence-corrected chi connectivity index (χ3v) is 9.32. The molecule has 9 rings (SSSR count). The fourth-order valence-electron chi connectivity index (χ4n) is 7.81. The van der Waals surface area contributed by atoms with E-state index in [4.69, 9.17) is 0 Å². The Bertz CT molecular complexity index is 1660. The van der Waals surface area contributed by atoms with Crippen LogP contribution in [0.2, 0.25) is 0 Å². The number of hydrogen-bond donors (Lipinski definition) is 0. The highest BCUT2D eigenvalue weighted by molar-refractivity contribution is 5.72. The number of rotatable bonds is 4. The van der Waals surface area contributed by atoms with Crippen molar-refractivity contribution in [2.75, 3.05) is 0 Å². The Balaban J connectivity index is 1.33. The van der Waals surface area contributed by atoms with Crippen molar-refractivity contribution < 1.29 is 9.13 Å². The van der Waals surface area contributed by atoms with Gasteiger partial charge in [-0.25, -0.2) is 18.3 Å². The summed E-state index contributed by atoms with van der Waals surface area (Å²) in [7, 11) is 4.33. The molecule has 0 N–H and O–H groups in total. The average molecular weight is 497 g/mol. The smallest absolute Gasteiger partial charge is 0.233 e. The maximum absolute atomic E-state index is 2.51. The maximum Gasteiger partial charge on any atom is 0.244 e. The molecule has 38 heavy (non-hydrogen) atoms. The van der Waals surface area contributed by atoms with Crippen LogP contribution in [-0.4, -0.2) is 9.13 Å². The highest BCUT2D eigenvalue weighted by atomic mass is 15.1. The minimum atomic E-state index is 0.388. The summed E-state index contributed by atoms with van der Waals surface area (Å²) in [6.45, 7) is 2.00. The number of fused-ring (bicyclic) bond motifs is 3. The van der Waals surface area contributed by atoms with E-state index in [0.29, 0.717) is 23.7 Å². The molecule has 6 aromatic rings. The maximum atomic E-state index is 2.51. The van der Waals surface area contributed by atoms with Gasteiger partial charge < -0.3 is 0 Å². The molecule has 2 atom stereocenters. The Hall–Kier alpha value is -4.18. The molecule has 2 heterocycles. The van der Waals surface area contributed by atoms with Gasteiger partial charge >= 0.3 is 0 Å². The number of hydrogen-bond acceptors (Lipinski definition) is 0. The van der Waals surface area contributed by atoms with E-state index >= 15 is 0 Å². The highest BCUT2D eigenvalue weighted by Crippen LogP contribution is 2.59. The van der Waals surface area contributed by atoms with Gasteiger partial charge in [-0.3, -0.25) is 0 Å². The molecule has 4 heteroatoms. The lowest BCUT2D eigenvalue weighted by Crippen LogP contribution is -2.43. The lowest BCUT2D eigenvalue weighted by molar-refractivity contribution is -0.646. The Morgan fingerprint density at radius 2 is 0.842 bits per heavy atom. The van der Waals surface area contributed by atoms with Crippen LogP contribution in [0.15, 0.2) is 110 Å². The van der Waals surface area contributed by atoms with Crippen LogP contribution in [0.1, 0.15) is 34.1 Å². The topological polar surface area (TPSA) is 17.6 Å². The van der Waals surface area contributed by atoms with Crippen LogP contribution < -0.4 is 9.13 Å². The van der Waals surface area contributed by atoms with Gasteiger partial charge in [0.1, 0.15) is 0 Å². The van der Waals surface area contributed by atoms with Crippen LogP contribution in [-0.2, 0) is 27.2 Å². The molecule has 3 aliphatic carbocycles. The lowest BCUT2D eigenvalue weighted by Gasteiger charge is -2.49.